The highest BCUT2D eigenvalue weighted by molar-refractivity contribution is 7.93. The van der Waals surface area contributed by atoms with Crippen molar-refractivity contribution in [1.82, 2.24) is 10.2 Å². The molecule has 2 aromatic rings. The summed E-state index contributed by atoms with van der Waals surface area (Å²) < 4.78 is 26.8. The minimum Gasteiger partial charge on any atom is -0.392 e. The minimum absolute atomic E-state index is 0.0781. The maximum absolute atomic E-state index is 12.3. The fourth-order valence-corrected chi connectivity index (χ4v) is 4.18. The number of rotatable bonds is 4. The summed E-state index contributed by atoms with van der Waals surface area (Å²) in [6.07, 6.45) is 0. The first-order valence-electron chi connectivity index (χ1n) is 5.25. The predicted molar refractivity (Wildman–Crippen MR) is 77.8 cm³/mol. The van der Waals surface area contributed by atoms with Crippen LogP contribution >= 0.6 is 34.5 Å². The van der Waals surface area contributed by atoms with E-state index < -0.39 is 16.6 Å². The van der Waals surface area contributed by atoms with Crippen LogP contribution in [0.5, 0.6) is 0 Å². The van der Waals surface area contributed by atoms with Gasteiger partial charge in [0.05, 0.1) is 11.6 Å². The highest BCUT2D eigenvalue weighted by Gasteiger charge is 2.22. The zero-order valence-corrected chi connectivity index (χ0v) is 13.2. The molecule has 0 unspecified atom stereocenters. The van der Waals surface area contributed by atoms with Crippen molar-refractivity contribution in [2.24, 2.45) is 0 Å². The van der Waals surface area contributed by atoms with Crippen molar-refractivity contribution in [1.29, 1.82) is 0 Å². The Morgan fingerprint density at radius 1 is 1.35 bits per heavy atom. The van der Waals surface area contributed by atoms with Crippen LogP contribution in [0.15, 0.2) is 17.0 Å². The smallest absolute Gasteiger partial charge is 0.265 e. The molecule has 108 valence electrons. The van der Waals surface area contributed by atoms with Crippen LogP contribution in [0.25, 0.3) is 0 Å². The molecule has 0 aliphatic rings. The van der Waals surface area contributed by atoms with Gasteiger partial charge in [-0.3, -0.25) is 4.72 Å². The number of benzene rings is 1. The van der Waals surface area contributed by atoms with E-state index in [2.05, 4.69) is 14.9 Å². The molecule has 0 radical (unpaired) electrons. The molecule has 0 atom stereocenters. The Labute approximate surface area is 129 Å². The molecule has 2 N–H and O–H groups in total. The predicted octanol–water partition coefficient (Wildman–Crippen LogP) is 2.45. The van der Waals surface area contributed by atoms with Crippen LogP contribution in [0.1, 0.15) is 10.6 Å². The molecular weight excluding hydrogens is 345 g/mol. The Morgan fingerprint density at radius 2 is 2.05 bits per heavy atom. The van der Waals surface area contributed by atoms with Gasteiger partial charge in [-0.1, -0.05) is 34.5 Å². The Kier molecular flexibility index (Phi) is 4.50. The average molecular weight is 354 g/mol. The maximum atomic E-state index is 12.3. The van der Waals surface area contributed by atoms with Crippen molar-refractivity contribution in [3.8, 4) is 0 Å². The minimum atomic E-state index is -3.96. The van der Waals surface area contributed by atoms with E-state index in [9.17, 15) is 8.42 Å². The van der Waals surface area contributed by atoms with E-state index in [1.54, 1.807) is 6.92 Å². The molecule has 0 spiro atoms. The lowest BCUT2D eigenvalue weighted by molar-refractivity contribution is 0.281. The molecule has 20 heavy (non-hydrogen) atoms. The Hall–Kier alpha value is -0.930. The van der Waals surface area contributed by atoms with E-state index in [4.69, 9.17) is 28.3 Å². The third-order valence-electron chi connectivity index (χ3n) is 2.29. The number of nitrogens with zero attached hydrogens (tertiary/aromatic N) is 2. The molecule has 2 rings (SSSR count). The zero-order chi connectivity index (χ0) is 14.9. The van der Waals surface area contributed by atoms with E-state index in [0.29, 0.717) is 5.01 Å². The first-order chi connectivity index (χ1) is 9.33. The molecule has 10 heteroatoms. The zero-order valence-electron chi connectivity index (χ0n) is 10.1. The van der Waals surface area contributed by atoms with Crippen molar-refractivity contribution in [2.45, 2.75) is 18.4 Å². The summed E-state index contributed by atoms with van der Waals surface area (Å²) in [6, 6.07) is 2.61. The number of nitrogens with one attached hydrogen (secondary N) is 1. The number of hydrogen-bond donors (Lipinski definition) is 2. The number of aryl methyl sites for hydroxylation is 1. The highest BCUT2D eigenvalue weighted by Crippen LogP contribution is 2.31. The van der Waals surface area contributed by atoms with E-state index in [1.165, 1.54) is 12.1 Å². The molecule has 0 saturated carbocycles. The number of aliphatic hydroxyl groups excluding tert-OH is 1. The van der Waals surface area contributed by atoms with Crippen LogP contribution in [-0.4, -0.2) is 23.7 Å². The van der Waals surface area contributed by atoms with Crippen LogP contribution in [-0.2, 0) is 16.6 Å². The largest absolute Gasteiger partial charge is 0.392 e. The van der Waals surface area contributed by atoms with Crippen LogP contribution in [0.4, 0.5) is 5.13 Å². The summed E-state index contributed by atoms with van der Waals surface area (Å²) >= 11 is 12.9. The van der Waals surface area contributed by atoms with Gasteiger partial charge in [-0.2, -0.15) is 0 Å². The van der Waals surface area contributed by atoms with Gasteiger partial charge >= 0.3 is 0 Å². The molecule has 0 bridgehead atoms. The van der Waals surface area contributed by atoms with Gasteiger partial charge in [0.1, 0.15) is 9.90 Å². The molecule has 1 aromatic heterocycles. The first kappa shape index (κ1) is 15.5. The van der Waals surface area contributed by atoms with Gasteiger partial charge in [0.25, 0.3) is 10.0 Å². The summed E-state index contributed by atoms with van der Waals surface area (Å²) in [4.78, 5) is -0.219. The quantitative estimate of drug-likeness (QED) is 0.880. The van der Waals surface area contributed by atoms with Crippen molar-refractivity contribution in [3.63, 3.8) is 0 Å². The standard InChI is InChI=1S/C10H9Cl2N3O3S2/c1-5-13-14-10(19-5)15-20(17,18)8-3-7(11)2-6(4-16)9(8)12/h2-3,16H,4H2,1H3,(H,14,15). The van der Waals surface area contributed by atoms with E-state index in [-0.39, 0.29) is 25.6 Å². The first-order valence-corrected chi connectivity index (χ1v) is 8.31. The van der Waals surface area contributed by atoms with E-state index in [0.717, 1.165) is 11.3 Å². The van der Waals surface area contributed by atoms with Gasteiger partial charge in [0.2, 0.25) is 5.13 Å². The Balaban J connectivity index is 2.46. The maximum Gasteiger partial charge on any atom is 0.265 e. The molecular formula is C10H9Cl2N3O3S2. The second-order valence-corrected chi connectivity index (χ2v) is 7.41. The highest BCUT2D eigenvalue weighted by atomic mass is 35.5. The van der Waals surface area contributed by atoms with Crippen molar-refractivity contribution in [3.05, 3.63) is 32.7 Å². The van der Waals surface area contributed by atoms with Crippen LogP contribution in [0.3, 0.4) is 0 Å². The van der Waals surface area contributed by atoms with Crippen molar-refractivity contribution >= 4 is 49.7 Å². The second-order valence-electron chi connectivity index (χ2n) is 3.77. The van der Waals surface area contributed by atoms with Gasteiger partial charge in [0.15, 0.2) is 0 Å². The topological polar surface area (TPSA) is 92.2 Å². The molecule has 0 aliphatic heterocycles. The molecule has 1 heterocycles. The fraction of sp³-hybridized carbons (Fsp3) is 0.200. The molecule has 6 nitrogen and oxygen atoms in total. The number of hydrogen-bond acceptors (Lipinski definition) is 6. The Bertz CT molecular complexity index is 746. The van der Waals surface area contributed by atoms with Crippen LogP contribution in [0.2, 0.25) is 10.0 Å². The van der Waals surface area contributed by atoms with Gasteiger partial charge in [-0.25, -0.2) is 8.42 Å². The lowest BCUT2D eigenvalue weighted by Gasteiger charge is -2.10. The molecule has 0 fully saturated rings. The Morgan fingerprint density at radius 3 is 2.60 bits per heavy atom. The van der Waals surface area contributed by atoms with E-state index >= 15 is 0 Å². The molecule has 0 amide bonds. The third kappa shape index (κ3) is 3.21. The number of aromatic nitrogens is 2. The third-order valence-corrected chi connectivity index (χ3v) is 5.31. The average Bonchev–Trinajstić information content (AvgIpc) is 2.76. The van der Waals surface area contributed by atoms with Crippen molar-refractivity contribution in [2.75, 3.05) is 4.72 Å². The summed E-state index contributed by atoms with van der Waals surface area (Å²) in [5.41, 5.74) is 0.230. The van der Waals surface area contributed by atoms with Gasteiger partial charge < -0.3 is 5.11 Å². The molecule has 0 saturated heterocycles. The molecule has 1 aromatic carbocycles. The summed E-state index contributed by atoms with van der Waals surface area (Å²) in [7, 11) is -3.96. The summed E-state index contributed by atoms with van der Waals surface area (Å²) in [5.74, 6) is 0. The van der Waals surface area contributed by atoms with Crippen LogP contribution in [0, 0.1) is 6.92 Å². The summed E-state index contributed by atoms with van der Waals surface area (Å²) in [6.45, 7) is 1.28. The van der Waals surface area contributed by atoms with E-state index in [1.807, 2.05) is 0 Å². The lowest BCUT2D eigenvalue weighted by Crippen LogP contribution is -2.14. The number of anilines is 1. The number of aliphatic hydroxyl groups is 1. The number of halogens is 2. The SMILES string of the molecule is Cc1nnc(NS(=O)(=O)c2cc(Cl)cc(CO)c2Cl)s1. The lowest BCUT2D eigenvalue weighted by atomic mass is 10.2. The van der Waals surface area contributed by atoms with Crippen LogP contribution < -0.4 is 4.72 Å². The van der Waals surface area contributed by atoms with Gasteiger partial charge in [0, 0.05) is 5.02 Å². The normalized spacial score (nSPS) is 11.6. The summed E-state index contributed by atoms with van der Waals surface area (Å²) in [5, 5.41) is 17.4. The van der Waals surface area contributed by atoms with Gasteiger partial charge in [-0.05, 0) is 24.6 Å². The van der Waals surface area contributed by atoms with Gasteiger partial charge in [-0.15, -0.1) is 10.2 Å². The molecule has 0 aliphatic carbocycles. The monoisotopic (exact) mass is 353 g/mol. The van der Waals surface area contributed by atoms with Crippen molar-refractivity contribution < 1.29 is 13.5 Å². The second kappa shape index (κ2) is 5.82. The number of sulfonamides is 1. The fourth-order valence-electron chi connectivity index (χ4n) is 1.44.